The van der Waals surface area contributed by atoms with Crippen LogP contribution < -0.4 is 11.3 Å². The lowest BCUT2D eigenvalue weighted by Crippen LogP contribution is -2.43. The van der Waals surface area contributed by atoms with Crippen LogP contribution in [0, 0.1) is 11.8 Å². The van der Waals surface area contributed by atoms with Crippen LogP contribution in [-0.2, 0) is 6.42 Å². The van der Waals surface area contributed by atoms with E-state index in [1.54, 1.807) is 11.3 Å². The monoisotopic (exact) mass is 246 g/mol. The van der Waals surface area contributed by atoms with E-state index in [1.807, 2.05) is 6.07 Å². The lowest BCUT2D eigenvalue weighted by atomic mass is 9.88. The molecule has 0 aromatic carbocycles. The van der Waals surface area contributed by atoms with Crippen LogP contribution in [0.2, 0.25) is 4.34 Å². The number of rotatable bonds is 5. The van der Waals surface area contributed by atoms with Gasteiger partial charge >= 0.3 is 0 Å². The third kappa shape index (κ3) is 3.76. The Morgan fingerprint density at radius 2 is 2.07 bits per heavy atom. The fourth-order valence-corrected chi connectivity index (χ4v) is 2.69. The van der Waals surface area contributed by atoms with Gasteiger partial charge in [0.1, 0.15) is 0 Å². The van der Waals surface area contributed by atoms with Crippen molar-refractivity contribution in [2.45, 2.75) is 33.2 Å². The molecule has 4 heteroatoms. The number of hydrogen-bond acceptors (Lipinski definition) is 3. The Bertz CT molecular complexity index is 299. The first kappa shape index (κ1) is 13.0. The van der Waals surface area contributed by atoms with E-state index < -0.39 is 0 Å². The minimum Gasteiger partial charge on any atom is -0.271 e. The summed E-state index contributed by atoms with van der Waals surface area (Å²) in [6.45, 7) is 6.66. The van der Waals surface area contributed by atoms with E-state index in [0.29, 0.717) is 17.9 Å². The Kier molecular flexibility index (Phi) is 5.06. The number of hydrazine groups is 1. The predicted octanol–water partition coefficient (Wildman–Crippen LogP) is 3.07. The second kappa shape index (κ2) is 5.85. The van der Waals surface area contributed by atoms with Crippen molar-refractivity contribution in [3.05, 3.63) is 21.3 Å². The van der Waals surface area contributed by atoms with Crippen LogP contribution in [0.1, 0.15) is 25.6 Å². The molecule has 0 saturated carbocycles. The van der Waals surface area contributed by atoms with Crippen LogP contribution in [0.3, 0.4) is 0 Å². The summed E-state index contributed by atoms with van der Waals surface area (Å²) < 4.78 is 0.845. The van der Waals surface area contributed by atoms with E-state index in [1.165, 1.54) is 4.88 Å². The maximum Gasteiger partial charge on any atom is 0.0931 e. The molecule has 0 bridgehead atoms. The number of thiophene rings is 1. The zero-order valence-electron chi connectivity index (χ0n) is 9.46. The SMILES string of the molecule is CC(C)C(C)C(Cc1ccc(Cl)s1)NN. The first-order valence-corrected chi connectivity index (χ1v) is 6.44. The molecule has 86 valence electrons. The van der Waals surface area contributed by atoms with Crippen molar-refractivity contribution >= 4 is 22.9 Å². The quantitative estimate of drug-likeness (QED) is 0.619. The molecule has 1 heterocycles. The first-order valence-electron chi connectivity index (χ1n) is 5.25. The van der Waals surface area contributed by atoms with Gasteiger partial charge in [-0.3, -0.25) is 11.3 Å². The smallest absolute Gasteiger partial charge is 0.0931 e. The van der Waals surface area contributed by atoms with Gasteiger partial charge in [-0.1, -0.05) is 32.4 Å². The zero-order chi connectivity index (χ0) is 11.4. The zero-order valence-corrected chi connectivity index (χ0v) is 11.0. The van der Waals surface area contributed by atoms with Crippen molar-refractivity contribution < 1.29 is 0 Å². The van der Waals surface area contributed by atoms with Gasteiger partial charge in [0.15, 0.2) is 0 Å². The molecule has 0 spiro atoms. The molecule has 0 saturated heterocycles. The summed E-state index contributed by atoms with van der Waals surface area (Å²) in [5, 5.41) is 0. The van der Waals surface area contributed by atoms with Gasteiger partial charge in [-0.15, -0.1) is 11.3 Å². The third-order valence-electron chi connectivity index (χ3n) is 2.95. The summed E-state index contributed by atoms with van der Waals surface area (Å²) >= 11 is 7.53. The van der Waals surface area contributed by atoms with Crippen LogP contribution in [0.4, 0.5) is 0 Å². The molecule has 0 aliphatic carbocycles. The second-order valence-corrected chi connectivity index (χ2v) is 6.09. The average Bonchev–Trinajstić information content (AvgIpc) is 2.59. The summed E-state index contributed by atoms with van der Waals surface area (Å²) in [7, 11) is 0. The molecule has 0 amide bonds. The minimum absolute atomic E-state index is 0.319. The minimum atomic E-state index is 0.319. The lowest BCUT2D eigenvalue weighted by Gasteiger charge is -2.25. The Labute approximate surface area is 101 Å². The van der Waals surface area contributed by atoms with Gasteiger partial charge in [0, 0.05) is 10.9 Å². The fourth-order valence-electron chi connectivity index (χ4n) is 1.54. The molecule has 3 N–H and O–H groups in total. The standard InChI is InChI=1S/C11H19ClN2S/c1-7(2)8(3)10(14-13)6-9-4-5-11(12)15-9/h4-5,7-8,10,14H,6,13H2,1-3H3. The number of nitrogens with two attached hydrogens (primary N) is 1. The molecule has 0 radical (unpaired) electrons. The van der Waals surface area contributed by atoms with Gasteiger partial charge in [0.05, 0.1) is 4.34 Å². The number of nitrogens with one attached hydrogen (secondary N) is 1. The van der Waals surface area contributed by atoms with Crippen LogP contribution in [0.5, 0.6) is 0 Å². The molecule has 1 aromatic rings. The Hall–Kier alpha value is -0.0900. The van der Waals surface area contributed by atoms with Crippen molar-refractivity contribution in [3.8, 4) is 0 Å². The van der Waals surface area contributed by atoms with Gasteiger partial charge < -0.3 is 0 Å². The van der Waals surface area contributed by atoms with E-state index in [0.717, 1.165) is 10.8 Å². The highest BCUT2D eigenvalue weighted by molar-refractivity contribution is 7.16. The van der Waals surface area contributed by atoms with Gasteiger partial charge in [0.2, 0.25) is 0 Å². The second-order valence-electron chi connectivity index (χ2n) is 4.29. The fraction of sp³-hybridized carbons (Fsp3) is 0.636. The molecule has 0 aliphatic rings. The maximum atomic E-state index is 5.90. The lowest BCUT2D eigenvalue weighted by molar-refractivity contribution is 0.300. The largest absolute Gasteiger partial charge is 0.271 e. The summed E-state index contributed by atoms with van der Waals surface area (Å²) in [5.41, 5.74) is 2.90. The highest BCUT2D eigenvalue weighted by Gasteiger charge is 2.19. The molecule has 2 atom stereocenters. The molecule has 15 heavy (non-hydrogen) atoms. The molecule has 1 aromatic heterocycles. The van der Waals surface area contributed by atoms with Crippen molar-refractivity contribution in [2.24, 2.45) is 17.7 Å². The highest BCUT2D eigenvalue weighted by atomic mass is 35.5. The van der Waals surface area contributed by atoms with E-state index in [-0.39, 0.29) is 0 Å². The molecule has 0 aliphatic heterocycles. The van der Waals surface area contributed by atoms with Crippen molar-refractivity contribution in [3.63, 3.8) is 0 Å². The summed E-state index contributed by atoms with van der Waals surface area (Å²) in [6.07, 6.45) is 0.952. The van der Waals surface area contributed by atoms with Crippen LogP contribution in [0.25, 0.3) is 0 Å². The molecular formula is C11H19ClN2S. The summed E-state index contributed by atoms with van der Waals surface area (Å²) in [5.74, 6) is 6.77. The Balaban J connectivity index is 2.61. The topological polar surface area (TPSA) is 38.0 Å². The summed E-state index contributed by atoms with van der Waals surface area (Å²) in [6, 6.07) is 4.33. The van der Waals surface area contributed by atoms with Crippen LogP contribution >= 0.6 is 22.9 Å². The Morgan fingerprint density at radius 1 is 1.40 bits per heavy atom. The predicted molar refractivity (Wildman–Crippen MR) is 68.1 cm³/mol. The molecule has 0 fully saturated rings. The third-order valence-corrected chi connectivity index (χ3v) is 4.20. The van der Waals surface area contributed by atoms with Gasteiger partial charge in [-0.05, 0) is 30.4 Å². The van der Waals surface area contributed by atoms with Crippen molar-refractivity contribution in [1.82, 2.24) is 5.43 Å². The number of hydrogen-bond donors (Lipinski definition) is 2. The maximum absolute atomic E-state index is 5.90. The molecule has 1 rings (SSSR count). The van der Waals surface area contributed by atoms with Crippen molar-refractivity contribution in [2.75, 3.05) is 0 Å². The number of halogens is 1. The average molecular weight is 247 g/mol. The van der Waals surface area contributed by atoms with Gasteiger partial charge in [-0.25, -0.2) is 0 Å². The van der Waals surface area contributed by atoms with Gasteiger partial charge in [-0.2, -0.15) is 0 Å². The van der Waals surface area contributed by atoms with E-state index in [2.05, 4.69) is 32.3 Å². The molecular weight excluding hydrogens is 228 g/mol. The normalized spacial score (nSPS) is 15.6. The van der Waals surface area contributed by atoms with Crippen LogP contribution in [-0.4, -0.2) is 6.04 Å². The highest BCUT2D eigenvalue weighted by Crippen LogP contribution is 2.25. The first-order chi connectivity index (χ1) is 7.04. The van der Waals surface area contributed by atoms with E-state index in [4.69, 9.17) is 17.4 Å². The summed E-state index contributed by atoms with van der Waals surface area (Å²) in [4.78, 5) is 1.29. The van der Waals surface area contributed by atoms with Gasteiger partial charge in [0.25, 0.3) is 0 Å². The molecule has 2 unspecified atom stereocenters. The van der Waals surface area contributed by atoms with E-state index >= 15 is 0 Å². The molecule has 2 nitrogen and oxygen atoms in total. The Morgan fingerprint density at radius 3 is 2.47 bits per heavy atom. The van der Waals surface area contributed by atoms with Crippen LogP contribution in [0.15, 0.2) is 12.1 Å². The van der Waals surface area contributed by atoms with E-state index in [9.17, 15) is 0 Å². The van der Waals surface area contributed by atoms with Crippen molar-refractivity contribution in [1.29, 1.82) is 0 Å².